The fourth-order valence-electron chi connectivity index (χ4n) is 2.48. The van der Waals surface area contributed by atoms with E-state index in [4.69, 9.17) is 9.84 Å². The number of carbonyl (C=O) groups excluding carboxylic acids is 1. The first-order chi connectivity index (χ1) is 9.52. The second-order valence-electron chi connectivity index (χ2n) is 4.74. The number of carbonyl (C=O) groups is 2. The fourth-order valence-corrected chi connectivity index (χ4v) is 2.48. The monoisotopic (exact) mass is 281 g/mol. The first kappa shape index (κ1) is 14.3. The van der Waals surface area contributed by atoms with Crippen LogP contribution in [0, 0.1) is 5.82 Å². The molecule has 1 saturated heterocycles. The highest BCUT2D eigenvalue weighted by molar-refractivity contribution is 5.95. The molecule has 1 amide bonds. The summed E-state index contributed by atoms with van der Waals surface area (Å²) in [5.41, 5.74) is 0.306. The number of hydrogen-bond donors (Lipinski definition) is 1. The predicted molar refractivity (Wildman–Crippen MR) is 69.3 cm³/mol. The highest BCUT2D eigenvalue weighted by Gasteiger charge is 2.31. The molecule has 0 bridgehead atoms. The molecule has 1 aromatic carbocycles. The van der Waals surface area contributed by atoms with Crippen molar-refractivity contribution in [1.82, 2.24) is 4.90 Å². The van der Waals surface area contributed by atoms with Gasteiger partial charge in [-0.25, -0.2) is 4.39 Å². The Kier molecular flexibility index (Phi) is 4.22. The number of amides is 1. The summed E-state index contributed by atoms with van der Waals surface area (Å²) in [4.78, 5) is 24.7. The Balaban J connectivity index is 2.20. The SMILES string of the molecule is COc1cc(C(=O)N2CCCC2CC(=O)O)ccc1F. The van der Waals surface area contributed by atoms with E-state index in [9.17, 15) is 14.0 Å². The second-order valence-corrected chi connectivity index (χ2v) is 4.74. The number of benzene rings is 1. The molecular formula is C14H16FNO4. The first-order valence-electron chi connectivity index (χ1n) is 6.39. The van der Waals surface area contributed by atoms with E-state index in [0.29, 0.717) is 18.5 Å². The molecule has 1 heterocycles. The van der Waals surface area contributed by atoms with Crippen LogP contribution >= 0.6 is 0 Å². The molecule has 1 aromatic rings. The number of ether oxygens (including phenoxy) is 1. The molecule has 6 heteroatoms. The number of halogens is 1. The lowest BCUT2D eigenvalue weighted by molar-refractivity contribution is -0.137. The van der Waals surface area contributed by atoms with E-state index in [1.54, 1.807) is 4.90 Å². The second kappa shape index (κ2) is 5.90. The van der Waals surface area contributed by atoms with Gasteiger partial charge < -0.3 is 14.7 Å². The fraction of sp³-hybridized carbons (Fsp3) is 0.429. The molecule has 0 aromatic heterocycles. The van der Waals surface area contributed by atoms with Gasteiger partial charge in [0, 0.05) is 18.2 Å². The van der Waals surface area contributed by atoms with Gasteiger partial charge in [-0.1, -0.05) is 0 Å². The van der Waals surface area contributed by atoms with E-state index >= 15 is 0 Å². The molecule has 0 spiro atoms. The molecular weight excluding hydrogens is 265 g/mol. The zero-order valence-corrected chi connectivity index (χ0v) is 11.1. The molecule has 108 valence electrons. The number of likely N-dealkylation sites (tertiary alicyclic amines) is 1. The van der Waals surface area contributed by atoms with Gasteiger partial charge in [-0.3, -0.25) is 9.59 Å². The lowest BCUT2D eigenvalue weighted by Gasteiger charge is -2.23. The predicted octanol–water partition coefficient (Wildman–Crippen LogP) is 1.91. The van der Waals surface area contributed by atoms with Crippen molar-refractivity contribution >= 4 is 11.9 Å². The maximum Gasteiger partial charge on any atom is 0.305 e. The summed E-state index contributed by atoms with van der Waals surface area (Å²) in [6.45, 7) is 0.524. The van der Waals surface area contributed by atoms with E-state index in [2.05, 4.69) is 0 Å². The summed E-state index contributed by atoms with van der Waals surface area (Å²) in [7, 11) is 1.33. The molecule has 5 nitrogen and oxygen atoms in total. The van der Waals surface area contributed by atoms with Crippen molar-refractivity contribution in [2.75, 3.05) is 13.7 Å². The summed E-state index contributed by atoms with van der Waals surface area (Å²) < 4.78 is 18.2. The quantitative estimate of drug-likeness (QED) is 0.915. The summed E-state index contributed by atoms with van der Waals surface area (Å²) >= 11 is 0. The van der Waals surface area contributed by atoms with Crippen molar-refractivity contribution in [2.24, 2.45) is 0 Å². The number of methoxy groups -OCH3 is 1. The van der Waals surface area contributed by atoms with Crippen LogP contribution in [0.2, 0.25) is 0 Å². The van der Waals surface area contributed by atoms with Crippen LogP contribution in [-0.4, -0.2) is 41.6 Å². The van der Waals surface area contributed by atoms with Gasteiger partial charge >= 0.3 is 5.97 Å². The van der Waals surface area contributed by atoms with Gasteiger partial charge in [0.2, 0.25) is 0 Å². The molecule has 1 aliphatic rings. The smallest absolute Gasteiger partial charge is 0.305 e. The molecule has 0 saturated carbocycles. The Hall–Kier alpha value is -2.11. The third-order valence-corrected chi connectivity index (χ3v) is 3.45. The maximum absolute atomic E-state index is 13.3. The summed E-state index contributed by atoms with van der Waals surface area (Å²) in [5, 5.41) is 8.86. The highest BCUT2D eigenvalue weighted by atomic mass is 19.1. The van der Waals surface area contributed by atoms with Crippen LogP contribution in [0.5, 0.6) is 5.75 Å². The Labute approximate surface area is 116 Å². The molecule has 0 radical (unpaired) electrons. The Bertz CT molecular complexity index is 532. The van der Waals surface area contributed by atoms with Gasteiger partial charge in [0.1, 0.15) is 0 Å². The Morgan fingerprint density at radius 1 is 1.50 bits per heavy atom. The highest BCUT2D eigenvalue weighted by Crippen LogP contribution is 2.25. The van der Waals surface area contributed by atoms with Gasteiger partial charge in [-0.05, 0) is 31.0 Å². The molecule has 1 unspecified atom stereocenters. The lowest BCUT2D eigenvalue weighted by atomic mass is 10.1. The lowest BCUT2D eigenvalue weighted by Crippen LogP contribution is -2.36. The molecule has 20 heavy (non-hydrogen) atoms. The third-order valence-electron chi connectivity index (χ3n) is 3.45. The van der Waals surface area contributed by atoms with E-state index < -0.39 is 11.8 Å². The summed E-state index contributed by atoms with van der Waals surface area (Å²) in [6, 6.07) is 3.61. The zero-order valence-electron chi connectivity index (χ0n) is 11.1. The normalized spacial score (nSPS) is 18.1. The molecule has 1 fully saturated rings. The van der Waals surface area contributed by atoms with Gasteiger partial charge in [-0.15, -0.1) is 0 Å². The first-order valence-corrected chi connectivity index (χ1v) is 6.39. The summed E-state index contributed by atoms with van der Waals surface area (Å²) in [5.74, 6) is -1.74. The Morgan fingerprint density at radius 2 is 2.25 bits per heavy atom. The number of hydrogen-bond acceptors (Lipinski definition) is 3. The zero-order chi connectivity index (χ0) is 14.7. The minimum atomic E-state index is -0.925. The van der Waals surface area contributed by atoms with Crippen LogP contribution in [0.25, 0.3) is 0 Å². The van der Waals surface area contributed by atoms with E-state index in [1.807, 2.05) is 0 Å². The van der Waals surface area contributed by atoms with Crippen molar-refractivity contribution in [1.29, 1.82) is 0 Å². The van der Waals surface area contributed by atoms with Crippen molar-refractivity contribution in [3.05, 3.63) is 29.6 Å². The molecule has 1 atom stereocenters. The molecule has 0 aliphatic carbocycles. The maximum atomic E-state index is 13.3. The topological polar surface area (TPSA) is 66.8 Å². The number of aliphatic carboxylic acids is 1. The third kappa shape index (κ3) is 2.89. The Morgan fingerprint density at radius 3 is 2.90 bits per heavy atom. The van der Waals surface area contributed by atoms with E-state index in [0.717, 1.165) is 6.42 Å². The number of rotatable bonds is 4. The molecule has 1 aliphatic heterocycles. The number of nitrogens with zero attached hydrogens (tertiary/aromatic N) is 1. The minimum absolute atomic E-state index is 0.00447. The number of carboxylic acids is 1. The molecule has 2 rings (SSSR count). The van der Waals surface area contributed by atoms with Crippen molar-refractivity contribution in [2.45, 2.75) is 25.3 Å². The minimum Gasteiger partial charge on any atom is -0.494 e. The van der Waals surface area contributed by atoms with E-state index in [1.165, 1.54) is 25.3 Å². The number of carboxylic acid groups (broad SMARTS) is 1. The van der Waals surface area contributed by atoms with Crippen LogP contribution in [0.15, 0.2) is 18.2 Å². The van der Waals surface area contributed by atoms with Crippen molar-refractivity contribution in [3.8, 4) is 5.75 Å². The van der Waals surface area contributed by atoms with Crippen molar-refractivity contribution < 1.29 is 23.8 Å². The van der Waals surface area contributed by atoms with Gasteiger partial charge in [0.25, 0.3) is 5.91 Å². The average Bonchev–Trinajstić information content (AvgIpc) is 2.85. The van der Waals surface area contributed by atoms with Crippen LogP contribution < -0.4 is 4.74 Å². The van der Waals surface area contributed by atoms with Crippen LogP contribution in [0.1, 0.15) is 29.6 Å². The van der Waals surface area contributed by atoms with Gasteiger partial charge in [-0.2, -0.15) is 0 Å². The molecule has 1 N–H and O–H groups in total. The van der Waals surface area contributed by atoms with Crippen LogP contribution in [0.3, 0.4) is 0 Å². The standard InChI is InChI=1S/C14H16FNO4/c1-20-12-7-9(4-5-11(12)15)14(19)16-6-2-3-10(16)8-13(17)18/h4-5,7,10H,2-3,6,8H2,1H3,(H,17,18). The van der Waals surface area contributed by atoms with Crippen LogP contribution in [0.4, 0.5) is 4.39 Å². The van der Waals surface area contributed by atoms with Crippen molar-refractivity contribution in [3.63, 3.8) is 0 Å². The average molecular weight is 281 g/mol. The van der Waals surface area contributed by atoms with Gasteiger partial charge in [0.05, 0.1) is 13.5 Å². The van der Waals surface area contributed by atoms with Crippen LogP contribution in [-0.2, 0) is 4.79 Å². The van der Waals surface area contributed by atoms with Gasteiger partial charge in [0.15, 0.2) is 11.6 Å². The van der Waals surface area contributed by atoms with E-state index in [-0.39, 0.29) is 24.1 Å². The largest absolute Gasteiger partial charge is 0.494 e. The summed E-state index contributed by atoms with van der Waals surface area (Å²) in [6.07, 6.45) is 1.39.